The zero-order valence-electron chi connectivity index (χ0n) is 23.0. The first-order valence-corrected chi connectivity index (χ1v) is 12.7. The van der Waals surface area contributed by atoms with Gasteiger partial charge < -0.3 is 31.0 Å². The Kier molecular flexibility index (Phi) is 12.4. The molecule has 12 heteroatoms. The third-order valence-corrected chi connectivity index (χ3v) is 5.15. The first-order valence-electron chi connectivity index (χ1n) is 12.7. The highest BCUT2D eigenvalue weighted by molar-refractivity contribution is 5.99. The van der Waals surface area contributed by atoms with Gasteiger partial charge in [0.05, 0.1) is 0 Å². The van der Waals surface area contributed by atoms with Crippen LogP contribution in [0.15, 0.2) is 65.7 Å². The number of carbonyl (C=O) groups is 4. The number of imide groups is 1. The molecule has 1 atom stereocenters. The quantitative estimate of drug-likeness (QED) is 0.117. The lowest BCUT2D eigenvalue weighted by Crippen LogP contribution is -2.52. The molecule has 0 aliphatic rings. The molecule has 0 radical (unpaired) electrons. The van der Waals surface area contributed by atoms with Crippen LogP contribution in [0.1, 0.15) is 44.7 Å². The van der Waals surface area contributed by atoms with E-state index < -0.39 is 42.3 Å². The molecular formula is C28H37N5O7. The Bertz CT molecular complexity index is 1150. The summed E-state index contributed by atoms with van der Waals surface area (Å²) in [6, 6.07) is 16.5. The lowest BCUT2D eigenvalue weighted by molar-refractivity contribution is -0.158. The zero-order valence-corrected chi connectivity index (χ0v) is 23.0. The molecule has 12 nitrogen and oxygen atoms in total. The molecule has 0 saturated carbocycles. The first-order chi connectivity index (χ1) is 18.9. The Labute approximate surface area is 233 Å². The van der Waals surface area contributed by atoms with Crippen LogP contribution in [0.25, 0.3) is 0 Å². The van der Waals surface area contributed by atoms with Crippen molar-refractivity contribution < 1.29 is 33.4 Å². The van der Waals surface area contributed by atoms with Crippen LogP contribution in [0.2, 0.25) is 0 Å². The van der Waals surface area contributed by atoms with Gasteiger partial charge in [-0.3, -0.25) is 14.6 Å². The lowest BCUT2D eigenvalue weighted by Gasteiger charge is -2.27. The van der Waals surface area contributed by atoms with Gasteiger partial charge in [0.1, 0.15) is 31.4 Å². The summed E-state index contributed by atoms with van der Waals surface area (Å²) >= 11 is 0. The van der Waals surface area contributed by atoms with Crippen molar-refractivity contribution in [2.24, 2.45) is 16.5 Å². The fourth-order valence-corrected chi connectivity index (χ4v) is 3.39. The van der Waals surface area contributed by atoms with Crippen LogP contribution in [0.4, 0.5) is 9.59 Å². The molecule has 0 unspecified atom stereocenters. The number of nitrogens with zero attached hydrogens (tertiary/aromatic N) is 2. The molecule has 0 fully saturated rings. The molecule has 40 heavy (non-hydrogen) atoms. The van der Waals surface area contributed by atoms with E-state index in [-0.39, 0.29) is 38.6 Å². The molecule has 0 heterocycles. The number of nitrogens with two attached hydrogens (primary N) is 2. The second kappa shape index (κ2) is 15.7. The normalized spacial score (nSPS) is 11.5. The predicted octanol–water partition coefficient (Wildman–Crippen LogP) is 2.84. The Balaban J connectivity index is 2.21. The van der Waals surface area contributed by atoms with E-state index in [4.69, 9.17) is 25.7 Å². The fraction of sp³-hybridized carbons (Fsp3) is 0.393. The fourth-order valence-electron chi connectivity index (χ4n) is 3.39. The number of rotatable bonds is 12. The SMILES string of the molecule is CC(C)(C)OC(=O)CN(C(=O)OCc1ccccc1)C(=O)[C@H](CCCN=C(N)N)NC(=O)OCc1ccccc1. The van der Waals surface area contributed by atoms with Crippen LogP contribution >= 0.6 is 0 Å². The topological polar surface area (TPSA) is 176 Å². The van der Waals surface area contributed by atoms with Crippen molar-refractivity contribution in [3.05, 3.63) is 71.8 Å². The average Bonchev–Trinajstić information content (AvgIpc) is 2.90. The van der Waals surface area contributed by atoms with Crippen molar-refractivity contribution >= 4 is 30.0 Å². The Morgan fingerprint density at radius 3 is 1.98 bits per heavy atom. The number of hydrogen-bond donors (Lipinski definition) is 3. The maximum absolute atomic E-state index is 13.6. The summed E-state index contributed by atoms with van der Waals surface area (Å²) in [5, 5.41) is 2.48. The number of alkyl carbamates (subject to hydrolysis) is 1. The Hall–Kier alpha value is -4.61. The summed E-state index contributed by atoms with van der Waals surface area (Å²) in [5.74, 6) is -1.84. The van der Waals surface area contributed by atoms with Crippen molar-refractivity contribution in [2.45, 2.75) is 58.5 Å². The molecule has 0 saturated heterocycles. The van der Waals surface area contributed by atoms with Crippen molar-refractivity contribution in [2.75, 3.05) is 13.1 Å². The maximum atomic E-state index is 13.6. The first kappa shape index (κ1) is 31.6. The third kappa shape index (κ3) is 12.3. The van der Waals surface area contributed by atoms with Gasteiger partial charge >= 0.3 is 18.2 Å². The number of amides is 3. The molecule has 0 spiro atoms. The minimum absolute atomic E-state index is 0.0346. The summed E-state index contributed by atoms with van der Waals surface area (Å²) in [5.41, 5.74) is 11.3. The summed E-state index contributed by atoms with van der Waals surface area (Å²) in [4.78, 5) is 56.4. The summed E-state index contributed by atoms with van der Waals surface area (Å²) in [6.07, 6.45) is -1.66. The zero-order chi connectivity index (χ0) is 29.5. The number of guanidine groups is 1. The van der Waals surface area contributed by atoms with Gasteiger partial charge in [-0.05, 0) is 44.7 Å². The number of aliphatic imine (C=N–C) groups is 1. The van der Waals surface area contributed by atoms with Gasteiger partial charge in [-0.25, -0.2) is 14.5 Å². The molecular weight excluding hydrogens is 518 g/mol. The van der Waals surface area contributed by atoms with E-state index in [2.05, 4.69) is 10.3 Å². The number of benzene rings is 2. The third-order valence-electron chi connectivity index (χ3n) is 5.15. The summed E-state index contributed by atoms with van der Waals surface area (Å²) < 4.78 is 15.9. The van der Waals surface area contributed by atoms with E-state index in [1.807, 2.05) is 6.07 Å². The number of ether oxygens (including phenoxy) is 3. The van der Waals surface area contributed by atoms with Gasteiger partial charge in [-0.15, -0.1) is 0 Å². The summed E-state index contributed by atoms with van der Waals surface area (Å²) in [7, 11) is 0. The van der Waals surface area contributed by atoms with Gasteiger partial charge in [0.25, 0.3) is 5.91 Å². The highest BCUT2D eigenvalue weighted by Gasteiger charge is 2.34. The van der Waals surface area contributed by atoms with Crippen molar-refractivity contribution in [1.29, 1.82) is 0 Å². The molecule has 2 aromatic rings. The van der Waals surface area contributed by atoms with E-state index in [1.165, 1.54) is 0 Å². The van der Waals surface area contributed by atoms with Gasteiger partial charge in [-0.2, -0.15) is 0 Å². The Morgan fingerprint density at radius 2 is 1.45 bits per heavy atom. The van der Waals surface area contributed by atoms with Crippen molar-refractivity contribution in [3.8, 4) is 0 Å². The highest BCUT2D eigenvalue weighted by Crippen LogP contribution is 2.12. The number of esters is 1. The van der Waals surface area contributed by atoms with E-state index >= 15 is 0 Å². The van der Waals surface area contributed by atoms with Crippen molar-refractivity contribution in [1.82, 2.24) is 10.2 Å². The molecule has 0 bridgehead atoms. The van der Waals surface area contributed by atoms with Crippen LogP contribution in [0.3, 0.4) is 0 Å². The standard InChI is InChI=1S/C28H37N5O7/c1-28(2,3)40-23(34)17-33(27(37)39-19-21-13-8-5-9-14-21)24(35)22(15-10-16-31-25(29)30)32-26(36)38-18-20-11-6-4-7-12-20/h4-9,11-14,22H,10,15-19H2,1-3H3,(H,32,36)(H4,29,30,31)/t22-/m0/s1. The van der Waals surface area contributed by atoms with Crippen molar-refractivity contribution in [3.63, 3.8) is 0 Å². The highest BCUT2D eigenvalue weighted by atomic mass is 16.6. The van der Waals surface area contributed by atoms with Gasteiger partial charge in [0.2, 0.25) is 0 Å². The molecule has 3 amide bonds. The van der Waals surface area contributed by atoms with Crippen LogP contribution in [-0.4, -0.2) is 59.7 Å². The molecule has 0 aliphatic heterocycles. The molecule has 2 rings (SSSR count). The van der Waals surface area contributed by atoms with Gasteiger partial charge in [0.15, 0.2) is 5.96 Å². The minimum atomic E-state index is -1.26. The minimum Gasteiger partial charge on any atom is -0.459 e. The number of hydrogen-bond acceptors (Lipinski definition) is 8. The average molecular weight is 556 g/mol. The number of nitrogens with one attached hydrogen (secondary N) is 1. The van der Waals surface area contributed by atoms with Crippen LogP contribution in [0.5, 0.6) is 0 Å². The van der Waals surface area contributed by atoms with E-state index in [1.54, 1.807) is 75.4 Å². The lowest BCUT2D eigenvalue weighted by atomic mass is 10.1. The Morgan fingerprint density at radius 1 is 0.900 bits per heavy atom. The van der Waals surface area contributed by atoms with Crippen LogP contribution in [0, 0.1) is 0 Å². The van der Waals surface area contributed by atoms with E-state index in [0.29, 0.717) is 10.5 Å². The second-order valence-corrected chi connectivity index (χ2v) is 9.76. The molecule has 216 valence electrons. The monoisotopic (exact) mass is 555 g/mol. The molecule has 0 aliphatic carbocycles. The maximum Gasteiger partial charge on any atom is 0.417 e. The van der Waals surface area contributed by atoms with E-state index in [9.17, 15) is 19.2 Å². The molecule has 2 aromatic carbocycles. The van der Waals surface area contributed by atoms with Crippen LogP contribution < -0.4 is 16.8 Å². The predicted molar refractivity (Wildman–Crippen MR) is 148 cm³/mol. The van der Waals surface area contributed by atoms with Gasteiger partial charge in [0, 0.05) is 6.54 Å². The molecule has 5 N–H and O–H groups in total. The second-order valence-electron chi connectivity index (χ2n) is 9.76. The number of carbonyl (C=O) groups excluding carboxylic acids is 4. The summed E-state index contributed by atoms with van der Waals surface area (Å²) in [6.45, 7) is 4.22. The smallest absolute Gasteiger partial charge is 0.417 e. The van der Waals surface area contributed by atoms with Gasteiger partial charge in [-0.1, -0.05) is 60.7 Å². The molecule has 0 aromatic heterocycles. The van der Waals surface area contributed by atoms with E-state index in [0.717, 1.165) is 5.56 Å². The largest absolute Gasteiger partial charge is 0.459 e. The van der Waals surface area contributed by atoms with Crippen LogP contribution in [-0.2, 0) is 37.0 Å².